The van der Waals surface area contributed by atoms with Gasteiger partial charge in [-0.2, -0.15) is 4.80 Å². The molecule has 0 fully saturated rings. The van der Waals surface area contributed by atoms with Crippen molar-refractivity contribution in [3.8, 4) is 11.4 Å². The van der Waals surface area contributed by atoms with Crippen molar-refractivity contribution in [2.45, 2.75) is 11.4 Å². The molecule has 0 aliphatic carbocycles. The minimum Gasteiger partial charge on any atom is -0.478 e. The van der Waals surface area contributed by atoms with Crippen molar-refractivity contribution in [3.63, 3.8) is 0 Å². The second-order valence-corrected chi connectivity index (χ2v) is 6.15. The van der Waals surface area contributed by atoms with E-state index >= 15 is 0 Å². The molecule has 0 aliphatic rings. The summed E-state index contributed by atoms with van der Waals surface area (Å²) in [5.74, 6) is -1.15. The summed E-state index contributed by atoms with van der Waals surface area (Å²) in [5.41, 5.74) is 1.03. The van der Waals surface area contributed by atoms with Gasteiger partial charge in [-0.05, 0) is 47.9 Å². The Bertz CT molecular complexity index is 940. The van der Waals surface area contributed by atoms with Crippen LogP contribution in [0, 0.1) is 0 Å². The second kappa shape index (κ2) is 7.79. The molecule has 0 saturated heterocycles. The molecule has 0 atom stereocenters. The van der Waals surface area contributed by atoms with Crippen molar-refractivity contribution in [3.05, 3.63) is 54.1 Å². The first kappa shape index (κ1) is 17.6. The molecule has 0 bridgehead atoms. The number of para-hydroxylation sites is 1. The summed E-state index contributed by atoms with van der Waals surface area (Å²) in [4.78, 5) is 25.6. The van der Waals surface area contributed by atoms with Crippen molar-refractivity contribution in [2.24, 2.45) is 0 Å². The van der Waals surface area contributed by atoms with Gasteiger partial charge in [-0.1, -0.05) is 12.1 Å². The molecule has 1 aromatic heterocycles. The average Bonchev–Trinajstić information content (AvgIpc) is 3.10. The Morgan fingerprint density at radius 1 is 1.15 bits per heavy atom. The van der Waals surface area contributed by atoms with Gasteiger partial charge < -0.3 is 10.4 Å². The molecular weight excluding hydrogens is 354 g/mol. The van der Waals surface area contributed by atoms with Crippen LogP contribution in [-0.2, 0) is 11.3 Å². The zero-order valence-electron chi connectivity index (χ0n) is 13.8. The van der Waals surface area contributed by atoms with E-state index in [-0.39, 0.29) is 17.8 Å². The Hall–Kier alpha value is -3.20. The van der Waals surface area contributed by atoms with Gasteiger partial charge in [0.25, 0.3) is 0 Å². The lowest BCUT2D eigenvalue weighted by Gasteiger charge is -2.07. The van der Waals surface area contributed by atoms with Gasteiger partial charge in [0, 0.05) is 10.5 Å². The Morgan fingerprint density at radius 2 is 1.88 bits per heavy atom. The fourth-order valence-electron chi connectivity index (χ4n) is 2.26. The standard InChI is InChI=1S/C17H15N5O3S/c1-26-12-8-6-11(7-9-12)16-19-21-22(20-16)10-15(23)18-14-5-3-2-4-13(14)17(24)25/h2-9H,10H2,1H3,(H,18,23)(H,24,25). The molecule has 0 unspecified atom stereocenters. The molecular formula is C17H15N5O3S. The predicted octanol–water partition coefficient (Wildman–Crippen LogP) is 2.40. The fourth-order valence-corrected chi connectivity index (χ4v) is 2.67. The fraction of sp³-hybridized carbons (Fsp3) is 0.118. The summed E-state index contributed by atoms with van der Waals surface area (Å²) in [5, 5.41) is 23.7. The van der Waals surface area contributed by atoms with E-state index in [1.54, 1.807) is 23.9 Å². The molecule has 1 heterocycles. The number of amides is 1. The Kier molecular flexibility index (Phi) is 5.28. The summed E-state index contributed by atoms with van der Waals surface area (Å²) in [7, 11) is 0. The first-order valence-corrected chi connectivity index (χ1v) is 8.83. The summed E-state index contributed by atoms with van der Waals surface area (Å²) in [6.45, 7) is -0.177. The maximum atomic E-state index is 12.2. The van der Waals surface area contributed by atoms with Gasteiger partial charge in [-0.3, -0.25) is 4.79 Å². The van der Waals surface area contributed by atoms with Gasteiger partial charge in [0.1, 0.15) is 6.54 Å². The lowest BCUT2D eigenvalue weighted by atomic mass is 10.2. The normalized spacial score (nSPS) is 10.5. The predicted molar refractivity (Wildman–Crippen MR) is 97.1 cm³/mol. The zero-order valence-corrected chi connectivity index (χ0v) is 14.6. The molecule has 2 N–H and O–H groups in total. The van der Waals surface area contributed by atoms with Crippen LogP contribution in [0.4, 0.5) is 5.69 Å². The first-order valence-electron chi connectivity index (χ1n) is 7.61. The van der Waals surface area contributed by atoms with Crippen molar-refractivity contribution in [1.29, 1.82) is 0 Å². The molecule has 26 heavy (non-hydrogen) atoms. The van der Waals surface area contributed by atoms with E-state index < -0.39 is 11.9 Å². The average molecular weight is 369 g/mol. The molecule has 0 radical (unpaired) electrons. The molecule has 1 amide bonds. The number of nitrogens with one attached hydrogen (secondary N) is 1. The SMILES string of the molecule is CSc1ccc(-c2nnn(CC(=O)Nc3ccccc3C(=O)O)n2)cc1. The van der Waals surface area contributed by atoms with Crippen molar-refractivity contribution in [2.75, 3.05) is 11.6 Å². The zero-order chi connectivity index (χ0) is 18.5. The minimum absolute atomic E-state index is 0.0157. The highest BCUT2D eigenvalue weighted by Gasteiger charge is 2.13. The molecule has 132 valence electrons. The number of hydrogen-bond donors (Lipinski definition) is 2. The van der Waals surface area contributed by atoms with Gasteiger partial charge in [0.15, 0.2) is 0 Å². The Balaban J connectivity index is 1.69. The molecule has 9 heteroatoms. The van der Waals surface area contributed by atoms with E-state index in [9.17, 15) is 9.59 Å². The van der Waals surface area contributed by atoms with Crippen LogP contribution in [0.1, 0.15) is 10.4 Å². The van der Waals surface area contributed by atoms with Gasteiger partial charge in [-0.25, -0.2) is 4.79 Å². The molecule has 0 saturated carbocycles. The third-order valence-electron chi connectivity index (χ3n) is 3.52. The van der Waals surface area contributed by atoms with Crippen LogP contribution < -0.4 is 5.32 Å². The number of nitrogens with zero attached hydrogens (tertiary/aromatic N) is 4. The topological polar surface area (TPSA) is 110 Å². The summed E-state index contributed by atoms with van der Waals surface area (Å²) in [6, 6.07) is 13.9. The maximum Gasteiger partial charge on any atom is 0.337 e. The van der Waals surface area contributed by atoms with Gasteiger partial charge in [-0.15, -0.1) is 22.0 Å². The monoisotopic (exact) mass is 369 g/mol. The lowest BCUT2D eigenvalue weighted by Crippen LogP contribution is -2.21. The van der Waals surface area contributed by atoms with E-state index in [4.69, 9.17) is 5.11 Å². The van der Waals surface area contributed by atoms with Crippen LogP contribution in [0.25, 0.3) is 11.4 Å². The van der Waals surface area contributed by atoms with E-state index in [0.717, 1.165) is 15.3 Å². The van der Waals surface area contributed by atoms with Crippen molar-refractivity contribution >= 4 is 29.3 Å². The van der Waals surface area contributed by atoms with Crippen LogP contribution >= 0.6 is 11.8 Å². The van der Waals surface area contributed by atoms with Crippen molar-refractivity contribution < 1.29 is 14.7 Å². The molecule has 8 nitrogen and oxygen atoms in total. The van der Waals surface area contributed by atoms with Crippen LogP contribution in [0.15, 0.2) is 53.4 Å². The second-order valence-electron chi connectivity index (χ2n) is 5.27. The Labute approximate surface area is 153 Å². The number of tetrazole rings is 1. The largest absolute Gasteiger partial charge is 0.478 e. The van der Waals surface area contributed by atoms with Crippen LogP contribution in [0.3, 0.4) is 0 Å². The number of aromatic carboxylic acids is 1. The number of carbonyl (C=O) groups is 2. The highest BCUT2D eigenvalue weighted by atomic mass is 32.2. The number of thioether (sulfide) groups is 1. The molecule has 3 rings (SSSR count). The van der Waals surface area contributed by atoms with Gasteiger partial charge in [0.05, 0.1) is 11.3 Å². The number of hydrogen-bond acceptors (Lipinski definition) is 6. The summed E-state index contributed by atoms with van der Waals surface area (Å²) < 4.78 is 0. The summed E-state index contributed by atoms with van der Waals surface area (Å²) in [6.07, 6.45) is 1.99. The highest BCUT2D eigenvalue weighted by Crippen LogP contribution is 2.20. The number of carboxylic acids is 1. The number of anilines is 1. The van der Waals surface area contributed by atoms with Gasteiger partial charge >= 0.3 is 5.97 Å². The maximum absolute atomic E-state index is 12.2. The van der Waals surface area contributed by atoms with Crippen LogP contribution in [0.2, 0.25) is 0 Å². The van der Waals surface area contributed by atoms with E-state index in [1.807, 2.05) is 30.5 Å². The Morgan fingerprint density at radius 3 is 2.58 bits per heavy atom. The third-order valence-corrected chi connectivity index (χ3v) is 4.26. The number of carboxylic acid groups (broad SMARTS) is 1. The molecule has 0 spiro atoms. The van der Waals surface area contributed by atoms with E-state index in [1.165, 1.54) is 12.1 Å². The van der Waals surface area contributed by atoms with Gasteiger partial charge in [0.2, 0.25) is 11.7 Å². The number of carbonyl (C=O) groups excluding carboxylic acids is 1. The number of rotatable bonds is 6. The molecule has 2 aromatic carbocycles. The first-order chi connectivity index (χ1) is 12.6. The smallest absolute Gasteiger partial charge is 0.337 e. The molecule has 0 aliphatic heterocycles. The van der Waals surface area contributed by atoms with E-state index in [0.29, 0.717) is 5.82 Å². The molecule has 3 aromatic rings. The minimum atomic E-state index is -1.12. The van der Waals surface area contributed by atoms with Crippen LogP contribution in [-0.4, -0.2) is 43.4 Å². The highest BCUT2D eigenvalue weighted by molar-refractivity contribution is 7.98. The quantitative estimate of drug-likeness (QED) is 0.642. The van der Waals surface area contributed by atoms with E-state index in [2.05, 4.69) is 20.7 Å². The lowest BCUT2D eigenvalue weighted by molar-refractivity contribution is -0.117. The van der Waals surface area contributed by atoms with Crippen molar-refractivity contribution in [1.82, 2.24) is 20.2 Å². The third kappa shape index (κ3) is 4.06. The summed E-state index contributed by atoms with van der Waals surface area (Å²) >= 11 is 1.63. The number of benzene rings is 2. The van der Waals surface area contributed by atoms with Crippen LogP contribution in [0.5, 0.6) is 0 Å². The number of aromatic nitrogens is 4.